The number of pyridine rings is 1. The number of halogens is 2. The lowest BCUT2D eigenvalue weighted by atomic mass is 10.1. The van der Waals surface area contributed by atoms with E-state index >= 15 is 0 Å². The van der Waals surface area contributed by atoms with Gasteiger partial charge in [0.1, 0.15) is 6.10 Å². The Morgan fingerprint density at radius 3 is 2.92 bits per heavy atom. The molecule has 1 aromatic carbocycles. The van der Waals surface area contributed by atoms with Gasteiger partial charge in [0.25, 0.3) is 0 Å². The normalized spacial score (nSPS) is 17.8. The Balaban J connectivity index is 1.60. The molecule has 1 atom stereocenters. The van der Waals surface area contributed by atoms with E-state index in [9.17, 15) is 4.79 Å². The van der Waals surface area contributed by atoms with Gasteiger partial charge in [-0.15, -0.1) is 0 Å². The van der Waals surface area contributed by atoms with Crippen molar-refractivity contribution in [1.29, 1.82) is 0 Å². The molecule has 1 aromatic heterocycles. The number of carbonyl (C=O) groups is 1. The minimum atomic E-state index is -0.171. The molecule has 1 amide bonds. The summed E-state index contributed by atoms with van der Waals surface area (Å²) in [4.78, 5) is 18.4. The predicted octanol–water partition coefficient (Wildman–Crippen LogP) is 3.92. The molecule has 1 saturated heterocycles. The average molecular weight is 365 g/mol. The van der Waals surface area contributed by atoms with E-state index in [1.165, 1.54) is 0 Å². The highest BCUT2D eigenvalue weighted by Crippen LogP contribution is 2.29. The van der Waals surface area contributed by atoms with E-state index in [-0.39, 0.29) is 12.0 Å². The van der Waals surface area contributed by atoms with Gasteiger partial charge in [0.2, 0.25) is 5.91 Å². The first-order valence-corrected chi connectivity index (χ1v) is 8.62. The van der Waals surface area contributed by atoms with Gasteiger partial charge in [0, 0.05) is 25.4 Å². The average Bonchev–Trinajstić information content (AvgIpc) is 2.63. The van der Waals surface area contributed by atoms with Crippen LogP contribution in [0.2, 0.25) is 10.0 Å². The Bertz CT molecular complexity index is 709. The molecular formula is C18H18Cl2N2O2. The highest BCUT2D eigenvalue weighted by Gasteiger charge is 2.25. The lowest BCUT2D eigenvalue weighted by Gasteiger charge is -2.33. The molecule has 6 heteroatoms. The summed E-state index contributed by atoms with van der Waals surface area (Å²) in [6.45, 7) is 1.66. The SMILES string of the molecule is O=C(CCc1cccnc1)N1CCO[C@@H](c2ccc(Cl)c(Cl)c2)C1. The van der Waals surface area contributed by atoms with Crippen molar-refractivity contribution >= 4 is 29.1 Å². The molecule has 4 nitrogen and oxygen atoms in total. The molecule has 1 aliphatic heterocycles. The van der Waals surface area contributed by atoms with E-state index < -0.39 is 0 Å². The van der Waals surface area contributed by atoms with E-state index in [0.29, 0.717) is 42.6 Å². The van der Waals surface area contributed by atoms with Crippen molar-refractivity contribution in [2.75, 3.05) is 19.7 Å². The molecule has 0 radical (unpaired) electrons. The van der Waals surface area contributed by atoms with E-state index in [0.717, 1.165) is 11.1 Å². The summed E-state index contributed by atoms with van der Waals surface area (Å²) in [6.07, 6.45) is 4.53. The van der Waals surface area contributed by atoms with E-state index in [1.54, 1.807) is 24.5 Å². The van der Waals surface area contributed by atoms with Gasteiger partial charge in [-0.2, -0.15) is 0 Å². The number of benzene rings is 1. The molecule has 24 heavy (non-hydrogen) atoms. The van der Waals surface area contributed by atoms with Gasteiger partial charge in [-0.1, -0.05) is 35.3 Å². The number of hydrogen-bond acceptors (Lipinski definition) is 3. The Kier molecular flexibility index (Phi) is 5.72. The predicted molar refractivity (Wildman–Crippen MR) is 94.3 cm³/mol. The third-order valence-electron chi connectivity index (χ3n) is 4.08. The Labute approximate surface area is 151 Å². The lowest BCUT2D eigenvalue weighted by molar-refractivity contribution is -0.139. The maximum atomic E-state index is 12.5. The summed E-state index contributed by atoms with van der Waals surface area (Å²) in [5.41, 5.74) is 2.01. The third kappa shape index (κ3) is 4.26. The zero-order valence-corrected chi connectivity index (χ0v) is 14.6. The van der Waals surface area contributed by atoms with Crippen molar-refractivity contribution in [2.24, 2.45) is 0 Å². The number of rotatable bonds is 4. The van der Waals surface area contributed by atoms with Crippen molar-refractivity contribution < 1.29 is 9.53 Å². The Morgan fingerprint density at radius 1 is 1.29 bits per heavy atom. The van der Waals surface area contributed by atoms with Crippen LogP contribution in [0.5, 0.6) is 0 Å². The van der Waals surface area contributed by atoms with Crippen molar-refractivity contribution in [3.63, 3.8) is 0 Å². The second-order valence-corrected chi connectivity index (χ2v) is 6.55. The van der Waals surface area contributed by atoms with Crippen molar-refractivity contribution in [2.45, 2.75) is 18.9 Å². The molecular weight excluding hydrogens is 347 g/mol. The van der Waals surface area contributed by atoms with Crippen LogP contribution < -0.4 is 0 Å². The van der Waals surface area contributed by atoms with Crippen LogP contribution in [0.15, 0.2) is 42.7 Å². The van der Waals surface area contributed by atoms with Crippen LogP contribution >= 0.6 is 23.2 Å². The molecule has 1 fully saturated rings. The van der Waals surface area contributed by atoms with Gasteiger partial charge in [-0.05, 0) is 35.7 Å². The standard InChI is InChI=1S/C18H18Cl2N2O2/c19-15-5-4-14(10-16(15)20)17-12-22(8-9-24-17)18(23)6-3-13-2-1-7-21-11-13/h1-2,4-5,7,10-11,17H,3,6,8-9,12H2/t17-/m1/s1. The van der Waals surface area contributed by atoms with Gasteiger partial charge in [0.15, 0.2) is 0 Å². The van der Waals surface area contributed by atoms with Gasteiger partial charge in [-0.25, -0.2) is 0 Å². The van der Waals surface area contributed by atoms with Gasteiger partial charge < -0.3 is 9.64 Å². The first kappa shape index (κ1) is 17.2. The highest BCUT2D eigenvalue weighted by atomic mass is 35.5. The largest absolute Gasteiger partial charge is 0.370 e. The number of carbonyl (C=O) groups excluding carboxylic acids is 1. The van der Waals surface area contributed by atoms with Crippen LogP contribution in [0.4, 0.5) is 0 Å². The van der Waals surface area contributed by atoms with Crippen molar-refractivity contribution in [3.05, 3.63) is 63.9 Å². The van der Waals surface area contributed by atoms with Crippen LogP contribution in [-0.2, 0) is 16.0 Å². The fraction of sp³-hybridized carbons (Fsp3) is 0.333. The van der Waals surface area contributed by atoms with Crippen molar-refractivity contribution in [1.82, 2.24) is 9.88 Å². The maximum absolute atomic E-state index is 12.5. The Hall–Kier alpha value is -1.62. The van der Waals surface area contributed by atoms with E-state index in [2.05, 4.69) is 4.98 Å². The first-order chi connectivity index (χ1) is 11.6. The number of nitrogens with zero attached hydrogens (tertiary/aromatic N) is 2. The molecule has 1 aliphatic rings. The van der Waals surface area contributed by atoms with Crippen LogP contribution in [0, 0.1) is 0 Å². The minimum Gasteiger partial charge on any atom is -0.370 e. The maximum Gasteiger partial charge on any atom is 0.223 e. The third-order valence-corrected chi connectivity index (χ3v) is 4.82. The molecule has 0 bridgehead atoms. The van der Waals surface area contributed by atoms with Gasteiger partial charge >= 0.3 is 0 Å². The quantitative estimate of drug-likeness (QED) is 0.825. The second kappa shape index (κ2) is 7.97. The summed E-state index contributed by atoms with van der Waals surface area (Å²) in [5, 5.41) is 1.01. The number of hydrogen-bond donors (Lipinski definition) is 0. The molecule has 0 spiro atoms. The van der Waals surface area contributed by atoms with Gasteiger partial charge in [0.05, 0.1) is 23.2 Å². The molecule has 0 aliphatic carbocycles. The number of aryl methyl sites for hydroxylation is 1. The lowest BCUT2D eigenvalue weighted by Crippen LogP contribution is -2.42. The van der Waals surface area contributed by atoms with Crippen LogP contribution in [0.1, 0.15) is 23.7 Å². The zero-order chi connectivity index (χ0) is 16.9. The van der Waals surface area contributed by atoms with E-state index in [1.807, 2.05) is 23.1 Å². The topological polar surface area (TPSA) is 42.4 Å². The highest BCUT2D eigenvalue weighted by molar-refractivity contribution is 6.42. The van der Waals surface area contributed by atoms with Crippen LogP contribution in [0.3, 0.4) is 0 Å². The second-order valence-electron chi connectivity index (χ2n) is 5.73. The summed E-state index contributed by atoms with van der Waals surface area (Å²) in [7, 11) is 0. The number of amides is 1. The van der Waals surface area contributed by atoms with Crippen LogP contribution in [-0.4, -0.2) is 35.5 Å². The Morgan fingerprint density at radius 2 is 2.17 bits per heavy atom. The minimum absolute atomic E-state index is 0.132. The smallest absolute Gasteiger partial charge is 0.223 e. The molecule has 0 unspecified atom stereocenters. The molecule has 0 N–H and O–H groups in total. The first-order valence-electron chi connectivity index (χ1n) is 7.87. The monoisotopic (exact) mass is 364 g/mol. The molecule has 2 aromatic rings. The fourth-order valence-corrected chi connectivity index (χ4v) is 3.05. The van der Waals surface area contributed by atoms with Gasteiger partial charge in [-0.3, -0.25) is 9.78 Å². The molecule has 3 rings (SSSR count). The fourth-order valence-electron chi connectivity index (χ4n) is 2.75. The van der Waals surface area contributed by atoms with Crippen LogP contribution in [0.25, 0.3) is 0 Å². The number of ether oxygens (including phenoxy) is 1. The molecule has 0 saturated carbocycles. The number of morpholine rings is 1. The summed E-state index contributed by atoms with van der Waals surface area (Å²) in [5.74, 6) is 0.132. The summed E-state index contributed by atoms with van der Waals surface area (Å²) >= 11 is 12.0. The van der Waals surface area contributed by atoms with Crippen molar-refractivity contribution in [3.8, 4) is 0 Å². The number of aromatic nitrogens is 1. The zero-order valence-electron chi connectivity index (χ0n) is 13.1. The molecule has 2 heterocycles. The molecule has 126 valence electrons. The summed E-state index contributed by atoms with van der Waals surface area (Å²) in [6, 6.07) is 9.32. The van der Waals surface area contributed by atoms with E-state index in [4.69, 9.17) is 27.9 Å². The summed E-state index contributed by atoms with van der Waals surface area (Å²) < 4.78 is 5.80.